The molecule has 0 aliphatic heterocycles. The number of benzene rings is 1. The Balaban J connectivity index is 2.32. The molecule has 1 aromatic heterocycles. The van der Waals surface area contributed by atoms with E-state index in [1.54, 1.807) is 24.4 Å². The van der Waals surface area contributed by atoms with Crippen molar-refractivity contribution in [2.45, 2.75) is 0 Å². The maximum absolute atomic E-state index is 11.0. The quantitative estimate of drug-likeness (QED) is 0.357. The molecule has 6 heteroatoms. The minimum Gasteiger partial charge on any atom is -0.423 e. The topological polar surface area (TPSA) is 80.6 Å². The first-order chi connectivity index (χ1) is 8.15. The molecule has 3 N–H and O–H groups in total. The van der Waals surface area contributed by atoms with Crippen LogP contribution < -0.4 is 16.8 Å². The normalized spacial score (nSPS) is 10.8. The summed E-state index contributed by atoms with van der Waals surface area (Å²) in [4.78, 5) is 11.0. The molecular formula is C11H9N3O2S. The SMILES string of the molecule is NC(=S)NN=Cc1ccc2oc(=O)ccc2c1. The first-order valence-electron chi connectivity index (χ1n) is 4.77. The van der Waals surface area contributed by atoms with Crippen molar-refractivity contribution < 1.29 is 4.42 Å². The van der Waals surface area contributed by atoms with Crippen molar-refractivity contribution in [2.24, 2.45) is 10.8 Å². The number of fused-ring (bicyclic) bond motifs is 1. The van der Waals surface area contributed by atoms with Gasteiger partial charge in [0.25, 0.3) is 0 Å². The lowest BCUT2D eigenvalue weighted by Gasteiger charge is -1.98. The molecule has 2 aromatic rings. The van der Waals surface area contributed by atoms with E-state index in [2.05, 4.69) is 22.7 Å². The Hall–Kier alpha value is -2.21. The molecule has 0 aliphatic rings. The Morgan fingerprint density at radius 1 is 1.41 bits per heavy atom. The highest BCUT2D eigenvalue weighted by atomic mass is 32.1. The van der Waals surface area contributed by atoms with Crippen LogP contribution in [0.3, 0.4) is 0 Å². The van der Waals surface area contributed by atoms with E-state index >= 15 is 0 Å². The van der Waals surface area contributed by atoms with Gasteiger partial charge in [0.05, 0.1) is 6.21 Å². The molecule has 0 aliphatic carbocycles. The molecular weight excluding hydrogens is 238 g/mol. The van der Waals surface area contributed by atoms with Gasteiger partial charge in [0, 0.05) is 11.5 Å². The molecule has 0 amide bonds. The summed E-state index contributed by atoms with van der Waals surface area (Å²) in [6, 6.07) is 8.38. The summed E-state index contributed by atoms with van der Waals surface area (Å²) in [6.07, 6.45) is 1.57. The molecule has 86 valence electrons. The Morgan fingerprint density at radius 3 is 3.00 bits per heavy atom. The van der Waals surface area contributed by atoms with Gasteiger partial charge < -0.3 is 10.2 Å². The number of hydrogen-bond acceptors (Lipinski definition) is 4. The van der Waals surface area contributed by atoms with E-state index in [0.717, 1.165) is 10.9 Å². The third kappa shape index (κ3) is 2.88. The van der Waals surface area contributed by atoms with Gasteiger partial charge in [0.1, 0.15) is 5.58 Å². The lowest BCUT2D eigenvalue weighted by atomic mass is 10.1. The number of rotatable bonds is 2. The van der Waals surface area contributed by atoms with Gasteiger partial charge in [-0.25, -0.2) is 4.79 Å². The third-order valence-electron chi connectivity index (χ3n) is 2.03. The monoisotopic (exact) mass is 247 g/mol. The zero-order valence-electron chi connectivity index (χ0n) is 8.71. The van der Waals surface area contributed by atoms with E-state index in [9.17, 15) is 4.79 Å². The van der Waals surface area contributed by atoms with Gasteiger partial charge in [0.15, 0.2) is 5.11 Å². The van der Waals surface area contributed by atoms with E-state index in [4.69, 9.17) is 10.2 Å². The molecule has 2 rings (SSSR count). The van der Waals surface area contributed by atoms with Crippen LogP contribution in [0.5, 0.6) is 0 Å². The average molecular weight is 247 g/mol. The minimum atomic E-state index is -0.367. The van der Waals surface area contributed by atoms with Crippen LogP contribution in [0.25, 0.3) is 11.0 Å². The molecule has 0 atom stereocenters. The Labute approximate surface area is 102 Å². The highest BCUT2D eigenvalue weighted by Crippen LogP contribution is 2.12. The van der Waals surface area contributed by atoms with Crippen LogP contribution in [0, 0.1) is 0 Å². The second-order valence-electron chi connectivity index (χ2n) is 3.29. The Morgan fingerprint density at radius 2 is 2.24 bits per heavy atom. The predicted octanol–water partition coefficient (Wildman–Crippen LogP) is 0.960. The zero-order valence-corrected chi connectivity index (χ0v) is 9.53. The van der Waals surface area contributed by atoms with Gasteiger partial charge in [0.2, 0.25) is 0 Å². The summed E-state index contributed by atoms with van der Waals surface area (Å²) in [5, 5.41) is 4.76. The van der Waals surface area contributed by atoms with Crippen LogP contribution in [0.4, 0.5) is 0 Å². The molecule has 1 heterocycles. The number of nitrogens with two attached hydrogens (primary N) is 1. The van der Waals surface area contributed by atoms with E-state index in [1.165, 1.54) is 6.07 Å². The van der Waals surface area contributed by atoms with Crippen molar-refractivity contribution >= 4 is 34.5 Å². The van der Waals surface area contributed by atoms with Crippen molar-refractivity contribution in [3.05, 3.63) is 46.3 Å². The molecule has 17 heavy (non-hydrogen) atoms. The first-order valence-corrected chi connectivity index (χ1v) is 5.18. The van der Waals surface area contributed by atoms with Crippen LogP contribution in [-0.4, -0.2) is 11.3 Å². The zero-order chi connectivity index (χ0) is 12.3. The fraction of sp³-hybridized carbons (Fsp3) is 0. The molecule has 0 spiro atoms. The van der Waals surface area contributed by atoms with Crippen molar-refractivity contribution in [1.82, 2.24) is 5.43 Å². The third-order valence-corrected chi connectivity index (χ3v) is 2.12. The lowest BCUT2D eigenvalue weighted by molar-refractivity contribution is 0.561. The van der Waals surface area contributed by atoms with Crippen LogP contribution >= 0.6 is 12.2 Å². The van der Waals surface area contributed by atoms with E-state index in [0.29, 0.717) is 5.58 Å². The highest BCUT2D eigenvalue weighted by molar-refractivity contribution is 7.80. The molecule has 0 bridgehead atoms. The number of hydrogen-bond donors (Lipinski definition) is 2. The first kappa shape index (κ1) is 11.3. The lowest BCUT2D eigenvalue weighted by Crippen LogP contribution is -2.23. The Bertz CT molecular complexity index is 648. The maximum Gasteiger partial charge on any atom is 0.336 e. The minimum absolute atomic E-state index is 0.105. The van der Waals surface area contributed by atoms with Crippen molar-refractivity contribution in [1.29, 1.82) is 0 Å². The second kappa shape index (κ2) is 4.75. The fourth-order valence-electron chi connectivity index (χ4n) is 1.34. The summed E-state index contributed by atoms with van der Waals surface area (Å²) in [5.41, 5.74) is 8.69. The van der Waals surface area contributed by atoms with Gasteiger partial charge in [-0.1, -0.05) is 0 Å². The summed E-state index contributed by atoms with van der Waals surface area (Å²) in [7, 11) is 0. The summed E-state index contributed by atoms with van der Waals surface area (Å²) >= 11 is 4.61. The van der Waals surface area contributed by atoms with Crippen molar-refractivity contribution in [2.75, 3.05) is 0 Å². The van der Waals surface area contributed by atoms with Crippen LogP contribution in [0.2, 0.25) is 0 Å². The van der Waals surface area contributed by atoms with E-state index in [1.807, 2.05) is 6.07 Å². The van der Waals surface area contributed by atoms with Crippen LogP contribution in [0.15, 0.2) is 44.6 Å². The number of nitrogens with zero attached hydrogens (tertiary/aromatic N) is 1. The summed E-state index contributed by atoms with van der Waals surface area (Å²) in [6.45, 7) is 0. The van der Waals surface area contributed by atoms with Crippen LogP contribution in [-0.2, 0) is 0 Å². The smallest absolute Gasteiger partial charge is 0.336 e. The van der Waals surface area contributed by atoms with Gasteiger partial charge in [-0.2, -0.15) is 5.10 Å². The average Bonchev–Trinajstić information content (AvgIpc) is 2.29. The largest absolute Gasteiger partial charge is 0.423 e. The summed E-state index contributed by atoms with van der Waals surface area (Å²) < 4.78 is 5.00. The van der Waals surface area contributed by atoms with Gasteiger partial charge in [-0.15, -0.1) is 0 Å². The summed E-state index contributed by atoms with van der Waals surface area (Å²) in [5.74, 6) is 0. The van der Waals surface area contributed by atoms with E-state index in [-0.39, 0.29) is 10.7 Å². The van der Waals surface area contributed by atoms with Gasteiger partial charge in [-0.05, 0) is 42.0 Å². The second-order valence-corrected chi connectivity index (χ2v) is 3.73. The van der Waals surface area contributed by atoms with Crippen molar-refractivity contribution in [3.8, 4) is 0 Å². The molecule has 5 nitrogen and oxygen atoms in total. The van der Waals surface area contributed by atoms with Gasteiger partial charge in [-0.3, -0.25) is 5.43 Å². The molecule has 0 fully saturated rings. The van der Waals surface area contributed by atoms with Crippen LogP contribution in [0.1, 0.15) is 5.56 Å². The van der Waals surface area contributed by atoms with Crippen molar-refractivity contribution in [3.63, 3.8) is 0 Å². The molecule has 1 aromatic carbocycles. The molecule has 0 saturated carbocycles. The predicted molar refractivity (Wildman–Crippen MR) is 70.0 cm³/mol. The molecule has 0 unspecified atom stereocenters. The number of nitrogens with one attached hydrogen (secondary N) is 1. The van der Waals surface area contributed by atoms with Gasteiger partial charge >= 0.3 is 5.63 Å². The molecule has 0 radical (unpaired) electrons. The maximum atomic E-state index is 11.0. The Kier molecular flexibility index (Phi) is 3.15. The highest BCUT2D eigenvalue weighted by Gasteiger charge is 1.97. The number of hydrazone groups is 1. The van der Waals surface area contributed by atoms with E-state index < -0.39 is 0 Å². The standard InChI is InChI=1S/C11H9N3O2S/c12-11(17)14-13-6-7-1-3-9-8(5-7)2-4-10(15)16-9/h1-6H,(H3,12,14,17). The fourth-order valence-corrected chi connectivity index (χ4v) is 1.39. The number of thiocarbonyl (C=S) groups is 1. The molecule has 0 saturated heterocycles.